The van der Waals surface area contributed by atoms with Gasteiger partial charge in [0.05, 0.1) is 10.8 Å². The maximum Gasteiger partial charge on any atom is 0.269 e. The lowest BCUT2D eigenvalue weighted by Crippen LogP contribution is -2.28. The summed E-state index contributed by atoms with van der Waals surface area (Å²) in [6.45, 7) is 2.13. The summed E-state index contributed by atoms with van der Waals surface area (Å²) >= 11 is 6.12. The summed E-state index contributed by atoms with van der Waals surface area (Å²) in [4.78, 5) is 36.4. The first kappa shape index (κ1) is 17.9. The smallest absolute Gasteiger partial charge is 0.269 e. The number of nitro benzene ring substituents is 1. The molecule has 0 aliphatic carbocycles. The zero-order chi connectivity index (χ0) is 18.8. The second-order valence-corrected chi connectivity index (χ2v) is 6.54. The van der Waals surface area contributed by atoms with Crippen molar-refractivity contribution in [3.63, 3.8) is 0 Å². The summed E-state index contributed by atoms with van der Waals surface area (Å²) in [6, 6.07) is 10.9. The monoisotopic (exact) mass is 373 g/mol. The fraction of sp³-hybridized carbons (Fsp3) is 0.222. The number of aryl methyl sites for hydroxylation is 1. The van der Waals surface area contributed by atoms with Crippen molar-refractivity contribution in [1.82, 2.24) is 0 Å². The van der Waals surface area contributed by atoms with Gasteiger partial charge in [-0.3, -0.25) is 19.7 Å². The van der Waals surface area contributed by atoms with E-state index >= 15 is 0 Å². The van der Waals surface area contributed by atoms with E-state index in [1.807, 2.05) is 13.0 Å². The molecule has 3 rings (SSSR count). The highest BCUT2D eigenvalue weighted by Gasteiger charge is 2.35. The zero-order valence-corrected chi connectivity index (χ0v) is 14.7. The van der Waals surface area contributed by atoms with E-state index in [-0.39, 0.29) is 30.5 Å². The average Bonchev–Trinajstić information content (AvgIpc) is 3.00. The molecular weight excluding hydrogens is 358 g/mol. The lowest BCUT2D eigenvalue weighted by molar-refractivity contribution is -0.384. The van der Waals surface area contributed by atoms with Gasteiger partial charge in [0, 0.05) is 41.5 Å². The SMILES string of the molecule is Cc1ccc(N2C[C@@H](C(=O)Nc3ccc([N+](=O)[O-])cc3)CC2=O)cc1Cl. The lowest BCUT2D eigenvalue weighted by Gasteiger charge is -2.17. The normalized spacial score (nSPS) is 16.6. The molecule has 0 radical (unpaired) electrons. The summed E-state index contributed by atoms with van der Waals surface area (Å²) in [7, 11) is 0. The van der Waals surface area contributed by atoms with Crippen LogP contribution in [-0.4, -0.2) is 23.3 Å². The number of nitrogens with one attached hydrogen (secondary N) is 1. The van der Waals surface area contributed by atoms with Gasteiger partial charge in [-0.2, -0.15) is 0 Å². The fourth-order valence-electron chi connectivity index (χ4n) is 2.79. The minimum absolute atomic E-state index is 0.0542. The Hall–Kier alpha value is -2.93. The highest BCUT2D eigenvalue weighted by atomic mass is 35.5. The van der Waals surface area contributed by atoms with Crippen LogP contribution in [0.1, 0.15) is 12.0 Å². The van der Waals surface area contributed by atoms with Crippen molar-refractivity contribution in [3.05, 3.63) is 63.2 Å². The first-order chi connectivity index (χ1) is 12.3. The van der Waals surface area contributed by atoms with Crippen LogP contribution in [0.2, 0.25) is 5.02 Å². The Balaban J connectivity index is 1.68. The zero-order valence-electron chi connectivity index (χ0n) is 13.9. The second kappa shape index (κ2) is 7.13. The Kier molecular flexibility index (Phi) is 4.90. The van der Waals surface area contributed by atoms with E-state index in [2.05, 4.69) is 5.32 Å². The number of carbonyl (C=O) groups is 2. The molecule has 0 saturated carbocycles. The topological polar surface area (TPSA) is 92.6 Å². The van der Waals surface area contributed by atoms with E-state index in [4.69, 9.17) is 11.6 Å². The third-order valence-corrected chi connectivity index (χ3v) is 4.72. The molecule has 0 unspecified atom stereocenters. The van der Waals surface area contributed by atoms with Gasteiger partial charge in [0.1, 0.15) is 0 Å². The Morgan fingerprint density at radius 3 is 2.58 bits per heavy atom. The van der Waals surface area contributed by atoms with E-state index in [0.717, 1.165) is 5.56 Å². The van der Waals surface area contributed by atoms with Crippen LogP contribution in [0.3, 0.4) is 0 Å². The van der Waals surface area contributed by atoms with Gasteiger partial charge in [0.15, 0.2) is 0 Å². The van der Waals surface area contributed by atoms with Gasteiger partial charge in [0.2, 0.25) is 11.8 Å². The van der Waals surface area contributed by atoms with Crippen molar-refractivity contribution in [2.75, 3.05) is 16.8 Å². The molecule has 1 atom stereocenters. The molecular formula is C18H16ClN3O4. The summed E-state index contributed by atoms with van der Waals surface area (Å²) in [5.41, 5.74) is 1.97. The molecule has 1 heterocycles. The van der Waals surface area contributed by atoms with Crippen LogP contribution in [-0.2, 0) is 9.59 Å². The van der Waals surface area contributed by atoms with Crippen molar-refractivity contribution in [1.29, 1.82) is 0 Å². The number of amides is 2. The number of anilines is 2. The van der Waals surface area contributed by atoms with Crippen molar-refractivity contribution >= 4 is 40.5 Å². The molecule has 0 spiro atoms. The Bertz CT molecular complexity index is 883. The van der Waals surface area contributed by atoms with E-state index in [1.165, 1.54) is 24.3 Å². The van der Waals surface area contributed by atoms with Gasteiger partial charge >= 0.3 is 0 Å². The highest BCUT2D eigenvalue weighted by Crippen LogP contribution is 2.29. The van der Waals surface area contributed by atoms with Crippen molar-refractivity contribution < 1.29 is 14.5 Å². The van der Waals surface area contributed by atoms with Gasteiger partial charge in [-0.25, -0.2) is 0 Å². The molecule has 1 aliphatic heterocycles. The molecule has 2 aromatic rings. The number of halogens is 1. The molecule has 1 N–H and O–H groups in total. The third kappa shape index (κ3) is 3.67. The molecule has 0 bridgehead atoms. The predicted molar refractivity (Wildman–Crippen MR) is 98.4 cm³/mol. The largest absolute Gasteiger partial charge is 0.326 e. The standard InChI is InChI=1S/C18H16ClN3O4/c1-11-2-5-15(9-16(11)19)21-10-12(8-17(21)23)18(24)20-13-3-6-14(7-4-13)22(25)26/h2-7,9,12H,8,10H2,1H3,(H,20,24)/t12-/m0/s1. The molecule has 26 heavy (non-hydrogen) atoms. The number of nitrogens with zero attached hydrogens (tertiary/aromatic N) is 2. The minimum Gasteiger partial charge on any atom is -0.326 e. The molecule has 8 heteroatoms. The van der Waals surface area contributed by atoms with Crippen LogP contribution in [0, 0.1) is 23.0 Å². The van der Waals surface area contributed by atoms with Crippen molar-refractivity contribution in [2.24, 2.45) is 5.92 Å². The van der Waals surface area contributed by atoms with Gasteiger partial charge < -0.3 is 10.2 Å². The van der Waals surface area contributed by atoms with Gasteiger partial charge in [0.25, 0.3) is 5.69 Å². The second-order valence-electron chi connectivity index (χ2n) is 6.13. The number of hydrogen-bond acceptors (Lipinski definition) is 4. The van der Waals surface area contributed by atoms with E-state index in [0.29, 0.717) is 16.4 Å². The van der Waals surface area contributed by atoms with Crippen LogP contribution in [0.25, 0.3) is 0 Å². The Morgan fingerprint density at radius 2 is 1.96 bits per heavy atom. The summed E-state index contributed by atoms with van der Waals surface area (Å²) in [5, 5.41) is 13.9. The molecule has 1 aliphatic rings. The van der Waals surface area contributed by atoms with Crippen LogP contribution in [0.4, 0.5) is 17.1 Å². The molecule has 0 aromatic heterocycles. The van der Waals surface area contributed by atoms with Gasteiger partial charge in [-0.1, -0.05) is 17.7 Å². The average molecular weight is 374 g/mol. The summed E-state index contributed by atoms with van der Waals surface area (Å²) < 4.78 is 0. The number of nitro groups is 1. The fourth-order valence-corrected chi connectivity index (χ4v) is 2.97. The lowest BCUT2D eigenvalue weighted by atomic mass is 10.1. The molecule has 2 aromatic carbocycles. The van der Waals surface area contributed by atoms with Gasteiger partial charge in [-0.05, 0) is 36.8 Å². The Labute approximate surface area is 154 Å². The number of rotatable bonds is 4. The highest BCUT2D eigenvalue weighted by molar-refractivity contribution is 6.31. The first-order valence-corrected chi connectivity index (χ1v) is 8.35. The maximum atomic E-state index is 12.4. The van der Waals surface area contributed by atoms with E-state index in [1.54, 1.807) is 17.0 Å². The number of benzene rings is 2. The quantitative estimate of drug-likeness (QED) is 0.655. The van der Waals surface area contributed by atoms with Crippen LogP contribution in [0.5, 0.6) is 0 Å². The van der Waals surface area contributed by atoms with E-state index < -0.39 is 10.8 Å². The van der Waals surface area contributed by atoms with Crippen molar-refractivity contribution in [3.8, 4) is 0 Å². The van der Waals surface area contributed by atoms with E-state index in [9.17, 15) is 19.7 Å². The van der Waals surface area contributed by atoms with Crippen LogP contribution < -0.4 is 10.2 Å². The number of non-ortho nitro benzene ring substituents is 1. The third-order valence-electron chi connectivity index (χ3n) is 4.31. The number of hydrogen-bond donors (Lipinski definition) is 1. The molecule has 1 saturated heterocycles. The first-order valence-electron chi connectivity index (χ1n) is 7.97. The summed E-state index contributed by atoms with van der Waals surface area (Å²) in [5.74, 6) is -0.945. The van der Waals surface area contributed by atoms with Crippen LogP contribution >= 0.6 is 11.6 Å². The molecule has 1 fully saturated rings. The Morgan fingerprint density at radius 1 is 1.27 bits per heavy atom. The van der Waals surface area contributed by atoms with Crippen molar-refractivity contribution in [2.45, 2.75) is 13.3 Å². The molecule has 7 nitrogen and oxygen atoms in total. The number of carbonyl (C=O) groups excluding carboxylic acids is 2. The maximum absolute atomic E-state index is 12.4. The summed E-state index contributed by atoms with van der Waals surface area (Å²) in [6.07, 6.45) is 0.101. The van der Waals surface area contributed by atoms with Gasteiger partial charge in [-0.15, -0.1) is 0 Å². The molecule has 2 amide bonds. The van der Waals surface area contributed by atoms with Crippen LogP contribution in [0.15, 0.2) is 42.5 Å². The molecule has 134 valence electrons. The predicted octanol–water partition coefficient (Wildman–Crippen LogP) is 3.55. The minimum atomic E-state index is -0.508.